The molecular formula is C10H20N2O3. The summed E-state index contributed by atoms with van der Waals surface area (Å²) in [5.41, 5.74) is 5.40. The maximum Gasteiger partial charge on any atom is 0.326 e. The Hall–Kier alpha value is -1.10. The topological polar surface area (TPSA) is 92.4 Å². The third-order valence-electron chi connectivity index (χ3n) is 2.38. The lowest BCUT2D eigenvalue weighted by atomic mass is 10.0. The van der Waals surface area contributed by atoms with E-state index in [1.165, 1.54) is 0 Å². The molecule has 1 amide bonds. The highest BCUT2D eigenvalue weighted by molar-refractivity contribution is 5.85. The van der Waals surface area contributed by atoms with Crippen LogP contribution < -0.4 is 11.1 Å². The van der Waals surface area contributed by atoms with E-state index in [0.29, 0.717) is 6.42 Å². The average molecular weight is 216 g/mol. The number of hydrogen-bond donors (Lipinski definition) is 3. The molecule has 0 aliphatic carbocycles. The molecule has 0 saturated heterocycles. The van der Waals surface area contributed by atoms with Crippen molar-refractivity contribution < 1.29 is 14.7 Å². The maximum atomic E-state index is 11.6. The zero-order valence-corrected chi connectivity index (χ0v) is 9.49. The van der Waals surface area contributed by atoms with Crippen LogP contribution in [0.3, 0.4) is 0 Å². The van der Waals surface area contributed by atoms with Crippen LogP contribution in [-0.4, -0.2) is 29.6 Å². The third kappa shape index (κ3) is 4.29. The quantitative estimate of drug-likeness (QED) is 0.591. The third-order valence-corrected chi connectivity index (χ3v) is 2.38. The summed E-state index contributed by atoms with van der Waals surface area (Å²) in [6, 6.07) is -0.835. The van der Waals surface area contributed by atoms with Crippen molar-refractivity contribution in [3.05, 3.63) is 0 Å². The molecule has 88 valence electrons. The molecule has 0 aromatic heterocycles. The molecule has 0 heterocycles. The van der Waals surface area contributed by atoms with Crippen molar-refractivity contribution in [1.29, 1.82) is 0 Å². The van der Waals surface area contributed by atoms with E-state index in [4.69, 9.17) is 10.8 Å². The van der Waals surface area contributed by atoms with Crippen molar-refractivity contribution in [3.63, 3.8) is 0 Å². The molecule has 2 atom stereocenters. The van der Waals surface area contributed by atoms with E-state index >= 15 is 0 Å². The predicted octanol–water partition coefficient (Wildman–Crippen LogP) is 0.197. The van der Waals surface area contributed by atoms with Gasteiger partial charge in [-0.1, -0.05) is 20.8 Å². The number of carbonyl (C=O) groups excluding carboxylic acids is 1. The molecule has 0 aliphatic heterocycles. The van der Waals surface area contributed by atoms with Gasteiger partial charge in [0.15, 0.2) is 0 Å². The lowest BCUT2D eigenvalue weighted by molar-refractivity contribution is -0.143. The number of nitrogens with one attached hydrogen (secondary N) is 1. The molecule has 1 unspecified atom stereocenters. The Morgan fingerprint density at radius 2 is 1.93 bits per heavy atom. The van der Waals surface area contributed by atoms with Gasteiger partial charge in [0.2, 0.25) is 5.91 Å². The van der Waals surface area contributed by atoms with E-state index < -0.39 is 12.0 Å². The summed E-state index contributed by atoms with van der Waals surface area (Å²) in [6.07, 6.45) is 0.618. The van der Waals surface area contributed by atoms with E-state index in [-0.39, 0.29) is 24.3 Å². The Labute approximate surface area is 90.0 Å². The summed E-state index contributed by atoms with van der Waals surface area (Å²) in [7, 11) is 0. The first kappa shape index (κ1) is 13.9. The normalized spacial score (nSPS) is 14.7. The van der Waals surface area contributed by atoms with Gasteiger partial charge in [-0.05, 0) is 12.3 Å². The molecule has 4 N–H and O–H groups in total. The number of carboxylic acids is 1. The number of rotatable bonds is 6. The van der Waals surface area contributed by atoms with Crippen LogP contribution in [-0.2, 0) is 9.59 Å². The van der Waals surface area contributed by atoms with Crippen LogP contribution in [0.15, 0.2) is 0 Å². The standard InChI is InChI=1S/C10H20N2O3/c1-4-7(5-11)9(13)12-8(6(2)3)10(14)15/h6-8H,4-5,11H2,1-3H3,(H,12,13)(H,14,15)/t7?,8-/m0/s1. The zero-order valence-electron chi connectivity index (χ0n) is 9.49. The SMILES string of the molecule is CCC(CN)C(=O)N[C@H](C(=O)O)C(C)C. The van der Waals surface area contributed by atoms with Crippen molar-refractivity contribution in [2.24, 2.45) is 17.6 Å². The second kappa shape index (κ2) is 6.40. The molecule has 0 fully saturated rings. The molecule has 0 spiro atoms. The molecule has 0 saturated carbocycles. The second-order valence-electron chi connectivity index (χ2n) is 3.91. The number of carboxylic acid groups (broad SMARTS) is 1. The molecule has 0 radical (unpaired) electrons. The molecule has 0 aromatic carbocycles. The minimum absolute atomic E-state index is 0.137. The van der Waals surface area contributed by atoms with Crippen molar-refractivity contribution in [1.82, 2.24) is 5.32 Å². The highest BCUT2D eigenvalue weighted by Crippen LogP contribution is 2.05. The minimum atomic E-state index is -1.01. The van der Waals surface area contributed by atoms with Gasteiger partial charge in [0, 0.05) is 12.5 Å². The largest absolute Gasteiger partial charge is 0.480 e. The molecule has 0 bridgehead atoms. The van der Waals surface area contributed by atoms with Gasteiger partial charge in [0.25, 0.3) is 0 Å². The summed E-state index contributed by atoms with van der Waals surface area (Å²) in [5, 5.41) is 11.4. The van der Waals surface area contributed by atoms with Crippen LogP contribution in [0.5, 0.6) is 0 Å². The first-order valence-corrected chi connectivity index (χ1v) is 5.17. The maximum absolute atomic E-state index is 11.6. The zero-order chi connectivity index (χ0) is 12.0. The molecule has 0 aromatic rings. The van der Waals surface area contributed by atoms with E-state index in [1.54, 1.807) is 13.8 Å². The Morgan fingerprint density at radius 1 is 1.40 bits per heavy atom. The monoisotopic (exact) mass is 216 g/mol. The molecule has 5 nitrogen and oxygen atoms in total. The Morgan fingerprint density at radius 3 is 2.20 bits per heavy atom. The van der Waals surface area contributed by atoms with Gasteiger partial charge in [-0.2, -0.15) is 0 Å². The lowest BCUT2D eigenvalue weighted by Gasteiger charge is -2.20. The molecule has 0 rings (SSSR count). The Bertz CT molecular complexity index is 225. The molecular weight excluding hydrogens is 196 g/mol. The second-order valence-corrected chi connectivity index (χ2v) is 3.91. The van der Waals surface area contributed by atoms with E-state index in [2.05, 4.69) is 5.32 Å². The predicted molar refractivity (Wildman–Crippen MR) is 57.2 cm³/mol. The van der Waals surface area contributed by atoms with E-state index in [1.807, 2.05) is 6.92 Å². The number of amides is 1. The summed E-state index contributed by atoms with van der Waals surface area (Å²) >= 11 is 0. The molecule has 0 aliphatic rings. The molecule has 5 heteroatoms. The van der Waals surface area contributed by atoms with Crippen LogP contribution in [0, 0.1) is 11.8 Å². The van der Waals surface area contributed by atoms with Gasteiger partial charge in [0.1, 0.15) is 6.04 Å². The number of carbonyl (C=O) groups is 2. The average Bonchev–Trinajstić information content (AvgIpc) is 2.15. The van der Waals surface area contributed by atoms with Gasteiger partial charge in [0.05, 0.1) is 0 Å². The highest BCUT2D eigenvalue weighted by atomic mass is 16.4. The van der Waals surface area contributed by atoms with Crippen molar-refractivity contribution in [2.75, 3.05) is 6.54 Å². The fourth-order valence-corrected chi connectivity index (χ4v) is 1.24. The number of aliphatic carboxylic acids is 1. The summed E-state index contributed by atoms with van der Waals surface area (Å²) < 4.78 is 0. The van der Waals surface area contributed by atoms with Gasteiger partial charge >= 0.3 is 5.97 Å². The van der Waals surface area contributed by atoms with Crippen LogP contribution in [0.25, 0.3) is 0 Å². The fraction of sp³-hybridized carbons (Fsp3) is 0.800. The number of nitrogens with two attached hydrogens (primary N) is 1. The van der Waals surface area contributed by atoms with Gasteiger partial charge in [-0.25, -0.2) is 4.79 Å². The van der Waals surface area contributed by atoms with Crippen LogP contribution in [0.4, 0.5) is 0 Å². The van der Waals surface area contributed by atoms with E-state index in [9.17, 15) is 9.59 Å². The minimum Gasteiger partial charge on any atom is -0.480 e. The van der Waals surface area contributed by atoms with Gasteiger partial charge < -0.3 is 16.2 Å². The lowest BCUT2D eigenvalue weighted by Crippen LogP contribution is -2.47. The smallest absolute Gasteiger partial charge is 0.326 e. The first-order chi connectivity index (χ1) is 6.93. The van der Waals surface area contributed by atoms with Crippen LogP contribution in [0.2, 0.25) is 0 Å². The summed E-state index contributed by atoms with van der Waals surface area (Å²) in [5.74, 6) is -1.72. The summed E-state index contributed by atoms with van der Waals surface area (Å²) in [4.78, 5) is 22.4. The number of hydrogen-bond acceptors (Lipinski definition) is 3. The highest BCUT2D eigenvalue weighted by Gasteiger charge is 2.25. The molecule has 15 heavy (non-hydrogen) atoms. The van der Waals surface area contributed by atoms with Crippen LogP contribution >= 0.6 is 0 Å². The van der Waals surface area contributed by atoms with E-state index in [0.717, 1.165) is 0 Å². The fourth-order valence-electron chi connectivity index (χ4n) is 1.24. The van der Waals surface area contributed by atoms with Crippen molar-refractivity contribution >= 4 is 11.9 Å². The Balaban J connectivity index is 4.41. The Kier molecular flexibility index (Phi) is 5.93. The van der Waals surface area contributed by atoms with Gasteiger partial charge in [-0.15, -0.1) is 0 Å². The van der Waals surface area contributed by atoms with Gasteiger partial charge in [-0.3, -0.25) is 4.79 Å². The van der Waals surface area contributed by atoms with Crippen molar-refractivity contribution in [2.45, 2.75) is 33.2 Å². The summed E-state index contributed by atoms with van der Waals surface area (Å²) in [6.45, 7) is 5.60. The van der Waals surface area contributed by atoms with Crippen LogP contribution in [0.1, 0.15) is 27.2 Å². The van der Waals surface area contributed by atoms with Crippen molar-refractivity contribution in [3.8, 4) is 0 Å². The first-order valence-electron chi connectivity index (χ1n) is 5.17.